The molecule has 19 heavy (non-hydrogen) atoms. The van der Waals surface area contributed by atoms with Crippen molar-refractivity contribution >= 4 is 17.3 Å². The van der Waals surface area contributed by atoms with Gasteiger partial charge in [-0.05, 0) is 29.3 Å². The van der Waals surface area contributed by atoms with Gasteiger partial charge in [0.15, 0.2) is 5.69 Å². The van der Waals surface area contributed by atoms with Crippen molar-refractivity contribution < 1.29 is 14.3 Å². The van der Waals surface area contributed by atoms with Gasteiger partial charge in [-0.3, -0.25) is 0 Å². The summed E-state index contributed by atoms with van der Waals surface area (Å²) in [6.07, 6.45) is 0. The van der Waals surface area contributed by atoms with Crippen LogP contribution in [-0.2, 0) is 16.0 Å². The SMILES string of the molecule is COCCOC(=O)c1nnn(Cc2ccsc2)c1C. The van der Waals surface area contributed by atoms with Gasteiger partial charge in [0.25, 0.3) is 0 Å². The van der Waals surface area contributed by atoms with Gasteiger partial charge in [0.1, 0.15) is 6.61 Å². The molecule has 0 unspecified atom stereocenters. The molecule has 0 aliphatic rings. The largest absolute Gasteiger partial charge is 0.458 e. The highest BCUT2D eigenvalue weighted by Crippen LogP contribution is 2.11. The predicted octanol–water partition coefficient (Wildman–Crippen LogP) is 1.50. The van der Waals surface area contributed by atoms with Crippen molar-refractivity contribution in [3.05, 3.63) is 33.8 Å². The molecule has 0 saturated carbocycles. The number of thiophene rings is 1. The van der Waals surface area contributed by atoms with Crippen LogP contribution >= 0.6 is 11.3 Å². The minimum atomic E-state index is -0.467. The van der Waals surface area contributed by atoms with Crippen molar-refractivity contribution in [2.24, 2.45) is 0 Å². The predicted molar refractivity (Wildman–Crippen MR) is 70.3 cm³/mol. The van der Waals surface area contributed by atoms with Crippen molar-refractivity contribution in [3.63, 3.8) is 0 Å². The summed E-state index contributed by atoms with van der Waals surface area (Å²) in [7, 11) is 1.55. The van der Waals surface area contributed by atoms with E-state index < -0.39 is 5.97 Å². The summed E-state index contributed by atoms with van der Waals surface area (Å²) in [5.41, 5.74) is 2.09. The Balaban J connectivity index is 2.03. The van der Waals surface area contributed by atoms with Crippen LogP contribution in [0.2, 0.25) is 0 Å². The Morgan fingerprint density at radius 1 is 1.47 bits per heavy atom. The minimum Gasteiger partial charge on any atom is -0.458 e. The molecule has 102 valence electrons. The van der Waals surface area contributed by atoms with Crippen LogP contribution in [0.25, 0.3) is 0 Å². The zero-order valence-electron chi connectivity index (χ0n) is 10.8. The molecule has 0 N–H and O–H groups in total. The van der Waals surface area contributed by atoms with Gasteiger partial charge in [-0.1, -0.05) is 5.21 Å². The normalized spacial score (nSPS) is 10.6. The number of hydrogen-bond acceptors (Lipinski definition) is 6. The number of methoxy groups -OCH3 is 1. The number of rotatable bonds is 6. The highest BCUT2D eigenvalue weighted by molar-refractivity contribution is 7.07. The summed E-state index contributed by atoms with van der Waals surface area (Å²) in [6, 6.07) is 2.02. The third-order valence-electron chi connectivity index (χ3n) is 2.61. The number of nitrogens with zero attached hydrogens (tertiary/aromatic N) is 3. The van der Waals surface area contributed by atoms with Crippen LogP contribution < -0.4 is 0 Å². The molecule has 2 aromatic rings. The average molecular weight is 281 g/mol. The fourth-order valence-corrected chi connectivity index (χ4v) is 2.20. The molecular formula is C12H15N3O3S. The van der Waals surface area contributed by atoms with E-state index in [1.54, 1.807) is 30.1 Å². The molecule has 0 aliphatic carbocycles. The van der Waals surface area contributed by atoms with E-state index in [9.17, 15) is 4.79 Å². The number of hydrogen-bond donors (Lipinski definition) is 0. The molecule has 0 spiro atoms. The van der Waals surface area contributed by atoms with Gasteiger partial charge in [-0.15, -0.1) is 5.10 Å². The van der Waals surface area contributed by atoms with E-state index >= 15 is 0 Å². The van der Waals surface area contributed by atoms with E-state index in [2.05, 4.69) is 10.3 Å². The fourth-order valence-electron chi connectivity index (χ4n) is 1.54. The summed E-state index contributed by atoms with van der Waals surface area (Å²) >= 11 is 1.62. The lowest BCUT2D eigenvalue weighted by Crippen LogP contribution is -2.12. The lowest BCUT2D eigenvalue weighted by Gasteiger charge is -2.03. The Bertz CT molecular complexity index is 536. The van der Waals surface area contributed by atoms with E-state index in [0.717, 1.165) is 5.56 Å². The van der Waals surface area contributed by atoms with Crippen LogP contribution in [0.3, 0.4) is 0 Å². The van der Waals surface area contributed by atoms with E-state index in [0.29, 0.717) is 18.8 Å². The first-order chi connectivity index (χ1) is 9.22. The molecule has 2 aromatic heterocycles. The molecule has 0 radical (unpaired) electrons. The van der Waals surface area contributed by atoms with Crippen LogP contribution in [0.15, 0.2) is 16.8 Å². The number of ether oxygens (including phenoxy) is 2. The molecule has 0 saturated heterocycles. The Morgan fingerprint density at radius 3 is 3.00 bits per heavy atom. The summed E-state index contributed by atoms with van der Waals surface area (Å²) in [6.45, 7) is 2.99. The molecule has 2 heterocycles. The van der Waals surface area contributed by atoms with Crippen molar-refractivity contribution in [1.29, 1.82) is 0 Å². The second kappa shape index (κ2) is 6.44. The van der Waals surface area contributed by atoms with Crippen molar-refractivity contribution in [2.75, 3.05) is 20.3 Å². The van der Waals surface area contributed by atoms with Gasteiger partial charge in [-0.2, -0.15) is 11.3 Å². The molecular weight excluding hydrogens is 266 g/mol. The maximum atomic E-state index is 11.8. The van der Waals surface area contributed by atoms with Gasteiger partial charge < -0.3 is 9.47 Å². The number of esters is 1. The molecule has 0 aliphatic heterocycles. The molecule has 0 fully saturated rings. The first-order valence-corrected chi connectivity index (χ1v) is 6.74. The minimum absolute atomic E-state index is 0.214. The van der Waals surface area contributed by atoms with Crippen LogP contribution in [0, 0.1) is 6.92 Å². The second-order valence-corrected chi connectivity index (χ2v) is 4.72. The van der Waals surface area contributed by atoms with Crippen LogP contribution in [-0.4, -0.2) is 41.3 Å². The van der Waals surface area contributed by atoms with Crippen LogP contribution in [0.5, 0.6) is 0 Å². The van der Waals surface area contributed by atoms with Crippen molar-refractivity contribution in [3.8, 4) is 0 Å². The third kappa shape index (κ3) is 3.39. The molecule has 0 atom stereocenters. The van der Waals surface area contributed by atoms with Gasteiger partial charge in [0, 0.05) is 7.11 Å². The van der Waals surface area contributed by atoms with Crippen LogP contribution in [0.1, 0.15) is 21.7 Å². The zero-order valence-corrected chi connectivity index (χ0v) is 11.6. The maximum absolute atomic E-state index is 11.8. The van der Waals surface area contributed by atoms with Crippen LogP contribution in [0.4, 0.5) is 0 Å². The second-order valence-electron chi connectivity index (χ2n) is 3.94. The number of carbonyl (C=O) groups is 1. The molecule has 0 amide bonds. The Morgan fingerprint density at radius 2 is 2.32 bits per heavy atom. The lowest BCUT2D eigenvalue weighted by atomic mass is 10.3. The highest BCUT2D eigenvalue weighted by Gasteiger charge is 2.17. The lowest BCUT2D eigenvalue weighted by molar-refractivity contribution is 0.0380. The molecule has 2 rings (SSSR count). The Hall–Kier alpha value is -1.73. The van der Waals surface area contributed by atoms with E-state index in [4.69, 9.17) is 9.47 Å². The fraction of sp³-hybridized carbons (Fsp3) is 0.417. The zero-order chi connectivity index (χ0) is 13.7. The number of carbonyl (C=O) groups excluding carboxylic acids is 1. The Kier molecular flexibility index (Phi) is 4.64. The summed E-state index contributed by atoms with van der Waals surface area (Å²) < 4.78 is 11.5. The van der Waals surface area contributed by atoms with E-state index in [1.807, 2.05) is 16.8 Å². The summed E-state index contributed by atoms with van der Waals surface area (Å²) in [5, 5.41) is 11.9. The maximum Gasteiger partial charge on any atom is 0.360 e. The van der Waals surface area contributed by atoms with Gasteiger partial charge in [0.05, 0.1) is 18.8 Å². The first-order valence-electron chi connectivity index (χ1n) is 5.79. The molecule has 0 aromatic carbocycles. The molecule has 7 heteroatoms. The van der Waals surface area contributed by atoms with Gasteiger partial charge in [0.2, 0.25) is 0 Å². The van der Waals surface area contributed by atoms with E-state index in [-0.39, 0.29) is 12.3 Å². The standard InChI is InChI=1S/C12H15N3O3S/c1-9-11(12(16)18-5-4-17-2)13-14-15(9)7-10-3-6-19-8-10/h3,6,8H,4-5,7H2,1-2H3. The topological polar surface area (TPSA) is 66.2 Å². The summed E-state index contributed by atoms with van der Waals surface area (Å²) in [4.78, 5) is 11.8. The van der Waals surface area contributed by atoms with Crippen molar-refractivity contribution in [2.45, 2.75) is 13.5 Å². The smallest absolute Gasteiger partial charge is 0.360 e. The quantitative estimate of drug-likeness (QED) is 0.593. The average Bonchev–Trinajstić information content (AvgIpc) is 3.02. The number of aromatic nitrogens is 3. The highest BCUT2D eigenvalue weighted by atomic mass is 32.1. The third-order valence-corrected chi connectivity index (χ3v) is 3.34. The van der Waals surface area contributed by atoms with Gasteiger partial charge in [-0.25, -0.2) is 9.48 Å². The monoisotopic (exact) mass is 281 g/mol. The molecule has 0 bridgehead atoms. The Labute approximate surface area is 115 Å². The van der Waals surface area contributed by atoms with Crippen molar-refractivity contribution in [1.82, 2.24) is 15.0 Å². The summed E-state index contributed by atoms with van der Waals surface area (Å²) in [5.74, 6) is -0.467. The molecule has 6 nitrogen and oxygen atoms in total. The first kappa shape index (κ1) is 13.7. The van der Waals surface area contributed by atoms with E-state index in [1.165, 1.54) is 0 Å². The van der Waals surface area contributed by atoms with Gasteiger partial charge >= 0.3 is 5.97 Å².